The van der Waals surface area contributed by atoms with E-state index in [4.69, 9.17) is 9.84 Å². The number of allylic oxidation sites excluding steroid dienone is 1. The Balaban J connectivity index is 2.52. The summed E-state index contributed by atoms with van der Waals surface area (Å²) in [5.41, 5.74) is 0.645. The van der Waals surface area contributed by atoms with Crippen LogP contribution in [0.15, 0.2) is 30.9 Å². The van der Waals surface area contributed by atoms with Crippen molar-refractivity contribution in [2.75, 3.05) is 7.11 Å². The molecule has 0 aliphatic carbocycles. The molecule has 1 unspecified atom stereocenters. The highest BCUT2D eigenvalue weighted by molar-refractivity contribution is 5.83. The molecular weight excluding hydrogens is 289 g/mol. The predicted octanol–water partition coefficient (Wildman–Crippen LogP) is 2.30. The van der Waals surface area contributed by atoms with Gasteiger partial charge in [-0.1, -0.05) is 12.1 Å². The van der Waals surface area contributed by atoms with E-state index in [1.807, 2.05) is 0 Å². The maximum atomic E-state index is 13.5. The number of carbonyl (C=O) groups is 2. The zero-order chi connectivity index (χ0) is 16.5. The molecule has 0 aromatic heterocycles. The molecule has 2 N–H and O–H groups in total. The summed E-state index contributed by atoms with van der Waals surface area (Å²) in [5, 5.41) is 11.5. The van der Waals surface area contributed by atoms with Gasteiger partial charge in [0, 0.05) is 6.42 Å². The zero-order valence-electron chi connectivity index (χ0n) is 12.5. The van der Waals surface area contributed by atoms with Crippen LogP contribution >= 0.6 is 0 Å². The Bertz CT molecular complexity index is 545. The van der Waals surface area contributed by atoms with Crippen LogP contribution in [0.4, 0.5) is 4.39 Å². The SMILES string of the molecule is C=CCCC(NC(=O)CCc1ccc(OC)c(F)c1)C(=O)O. The lowest BCUT2D eigenvalue weighted by molar-refractivity contribution is -0.142. The van der Waals surface area contributed by atoms with Crippen molar-refractivity contribution in [1.29, 1.82) is 0 Å². The second-order valence-electron chi connectivity index (χ2n) is 4.79. The molecule has 0 heterocycles. The van der Waals surface area contributed by atoms with E-state index in [0.29, 0.717) is 24.8 Å². The molecule has 0 aliphatic heterocycles. The van der Waals surface area contributed by atoms with Gasteiger partial charge in [-0.15, -0.1) is 6.58 Å². The number of aliphatic carboxylic acids is 1. The van der Waals surface area contributed by atoms with Crippen LogP contribution in [-0.2, 0) is 16.0 Å². The van der Waals surface area contributed by atoms with Crippen LogP contribution in [0.5, 0.6) is 5.75 Å². The molecule has 0 fully saturated rings. The largest absolute Gasteiger partial charge is 0.494 e. The minimum atomic E-state index is -1.08. The van der Waals surface area contributed by atoms with Crippen molar-refractivity contribution in [3.63, 3.8) is 0 Å². The number of hydrogen-bond acceptors (Lipinski definition) is 3. The number of halogens is 1. The first-order valence-electron chi connectivity index (χ1n) is 6.93. The van der Waals surface area contributed by atoms with Crippen LogP contribution in [0, 0.1) is 5.82 Å². The van der Waals surface area contributed by atoms with Gasteiger partial charge in [0.25, 0.3) is 0 Å². The molecule has 0 bridgehead atoms. The fraction of sp³-hybridized carbons (Fsp3) is 0.375. The number of amides is 1. The predicted molar refractivity (Wildman–Crippen MR) is 80.3 cm³/mol. The standard InChI is InChI=1S/C16H20FNO4/c1-3-4-5-13(16(20)21)18-15(19)9-7-11-6-8-14(22-2)12(17)10-11/h3,6,8,10,13H,1,4-5,7,9H2,2H3,(H,18,19)(H,20,21). The van der Waals surface area contributed by atoms with E-state index < -0.39 is 17.8 Å². The summed E-state index contributed by atoms with van der Waals surface area (Å²) < 4.78 is 18.3. The minimum absolute atomic E-state index is 0.0869. The molecule has 0 spiro atoms. The fourth-order valence-corrected chi connectivity index (χ4v) is 1.93. The lowest BCUT2D eigenvalue weighted by atomic mass is 10.1. The van der Waals surface area contributed by atoms with Crippen LogP contribution in [0.2, 0.25) is 0 Å². The first-order valence-corrected chi connectivity index (χ1v) is 6.93. The summed E-state index contributed by atoms with van der Waals surface area (Å²) in [6, 6.07) is 3.53. The molecule has 0 radical (unpaired) electrons. The molecule has 1 aromatic rings. The zero-order valence-corrected chi connectivity index (χ0v) is 12.5. The van der Waals surface area contributed by atoms with E-state index in [1.165, 1.54) is 19.2 Å². The Labute approximate surface area is 128 Å². The van der Waals surface area contributed by atoms with Crippen molar-refractivity contribution >= 4 is 11.9 Å². The second kappa shape index (κ2) is 8.81. The highest BCUT2D eigenvalue weighted by Gasteiger charge is 2.18. The number of carbonyl (C=O) groups excluding carboxylic acids is 1. The van der Waals surface area contributed by atoms with E-state index >= 15 is 0 Å². The maximum Gasteiger partial charge on any atom is 0.326 e. The van der Waals surface area contributed by atoms with Crippen LogP contribution in [0.3, 0.4) is 0 Å². The van der Waals surface area contributed by atoms with Crippen LogP contribution in [-0.4, -0.2) is 30.1 Å². The smallest absolute Gasteiger partial charge is 0.326 e. The average Bonchev–Trinajstić information content (AvgIpc) is 2.49. The highest BCUT2D eigenvalue weighted by Crippen LogP contribution is 2.18. The summed E-state index contributed by atoms with van der Waals surface area (Å²) in [5.74, 6) is -1.81. The second-order valence-corrected chi connectivity index (χ2v) is 4.79. The third kappa shape index (κ3) is 5.55. The van der Waals surface area contributed by atoms with Gasteiger partial charge in [0.15, 0.2) is 11.6 Å². The van der Waals surface area contributed by atoms with Gasteiger partial charge in [-0.05, 0) is 37.0 Å². The molecule has 1 amide bonds. The third-order valence-electron chi connectivity index (χ3n) is 3.15. The molecule has 0 aliphatic rings. The number of nitrogens with one attached hydrogen (secondary N) is 1. The first-order chi connectivity index (χ1) is 10.5. The van der Waals surface area contributed by atoms with Crippen LogP contribution < -0.4 is 10.1 Å². The number of aryl methyl sites for hydroxylation is 1. The van der Waals surface area contributed by atoms with Crippen molar-refractivity contribution in [2.24, 2.45) is 0 Å². The molecule has 22 heavy (non-hydrogen) atoms. The number of methoxy groups -OCH3 is 1. The van der Waals surface area contributed by atoms with E-state index in [9.17, 15) is 14.0 Å². The van der Waals surface area contributed by atoms with E-state index in [-0.39, 0.29) is 18.1 Å². The quantitative estimate of drug-likeness (QED) is 0.686. The summed E-state index contributed by atoms with van der Waals surface area (Å²) in [7, 11) is 1.38. The summed E-state index contributed by atoms with van der Waals surface area (Å²) in [6.07, 6.45) is 2.80. The van der Waals surface area contributed by atoms with Crippen molar-refractivity contribution in [2.45, 2.75) is 31.7 Å². The maximum absolute atomic E-state index is 13.5. The van der Waals surface area contributed by atoms with Crippen molar-refractivity contribution in [1.82, 2.24) is 5.32 Å². The third-order valence-corrected chi connectivity index (χ3v) is 3.15. The normalized spacial score (nSPS) is 11.5. The van der Waals surface area contributed by atoms with Crippen molar-refractivity contribution in [3.05, 3.63) is 42.2 Å². The van der Waals surface area contributed by atoms with Crippen LogP contribution in [0.1, 0.15) is 24.8 Å². The number of rotatable bonds is 9. The molecule has 6 heteroatoms. The summed E-state index contributed by atoms with van der Waals surface area (Å²) in [4.78, 5) is 22.8. The molecule has 0 saturated heterocycles. The molecule has 5 nitrogen and oxygen atoms in total. The Kier molecular flexibility index (Phi) is 7.08. The van der Waals surface area contributed by atoms with Gasteiger partial charge in [-0.2, -0.15) is 0 Å². The summed E-state index contributed by atoms with van der Waals surface area (Å²) >= 11 is 0. The van der Waals surface area contributed by atoms with E-state index in [2.05, 4.69) is 11.9 Å². The number of carboxylic acids is 1. The minimum Gasteiger partial charge on any atom is -0.494 e. The number of ether oxygens (including phenoxy) is 1. The van der Waals surface area contributed by atoms with Gasteiger partial charge in [0.2, 0.25) is 5.91 Å². The van der Waals surface area contributed by atoms with Gasteiger partial charge < -0.3 is 15.2 Å². The molecule has 1 atom stereocenters. The topological polar surface area (TPSA) is 75.6 Å². The Hall–Kier alpha value is -2.37. The number of hydrogen-bond donors (Lipinski definition) is 2. The Morgan fingerprint density at radius 3 is 2.77 bits per heavy atom. The first kappa shape index (κ1) is 17.7. The number of carboxylic acid groups (broad SMARTS) is 1. The molecular formula is C16H20FNO4. The van der Waals surface area contributed by atoms with Gasteiger partial charge >= 0.3 is 5.97 Å². The van der Waals surface area contributed by atoms with Gasteiger partial charge in [0.1, 0.15) is 6.04 Å². The molecule has 1 aromatic carbocycles. The summed E-state index contributed by atoms with van der Waals surface area (Å²) in [6.45, 7) is 3.52. The highest BCUT2D eigenvalue weighted by atomic mass is 19.1. The monoisotopic (exact) mass is 309 g/mol. The van der Waals surface area contributed by atoms with Crippen LogP contribution in [0.25, 0.3) is 0 Å². The molecule has 1 rings (SSSR count). The van der Waals surface area contributed by atoms with E-state index in [1.54, 1.807) is 12.1 Å². The average molecular weight is 309 g/mol. The lowest BCUT2D eigenvalue weighted by Gasteiger charge is -2.13. The van der Waals surface area contributed by atoms with Gasteiger partial charge in [0.05, 0.1) is 7.11 Å². The Morgan fingerprint density at radius 1 is 1.50 bits per heavy atom. The lowest BCUT2D eigenvalue weighted by Crippen LogP contribution is -2.40. The van der Waals surface area contributed by atoms with Crippen molar-refractivity contribution in [3.8, 4) is 5.75 Å². The fourth-order valence-electron chi connectivity index (χ4n) is 1.93. The number of benzene rings is 1. The van der Waals surface area contributed by atoms with Crippen molar-refractivity contribution < 1.29 is 23.8 Å². The molecule has 0 saturated carbocycles. The van der Waals surface area contributed by atoms with Gasteiger partial charge in [-0.3, -0.25) is 4.79 Å². The Morgan fingerprint density at radius 2 is 2.23 bits per heavy atom. The van der Waals surface area contributed by atoms with E-state index in [0.717, 1.165) is 0 Å². The molecule has 120 valence electrons. The van der Waals surface area contributed by atoms with Gasteiger partial charge in [-0.25, -0.2) is 9.18 Å².